The molecular formula is C18H21N5O2S. The number of rotatable bonds is 5. The maximum absolute atomic E-state index is 13.0. The molecule has 0 spiro atoms. The van der Waals surface area contributed by atoms with Gasteiger partial charge in [0.05, 0.1) is 10.3 Å². The molecule has 2 aromatic heterocycles. The third-order valence-corrected chi connectivity index (χ3v) is 6.78. The maximum Gasteiger partial charge on any atom is 0.269 e. The molecule has 136 valence electrons. The smallest absolute Gasteiger partial charge is 0.269 e. The Balaban J connectivity index is 1.79. The van der Waals surface area contributed by atoms with E-state index in [1.165, 1.54) is 16.7 Å². The first-order valence-electron chi connectivity index (χ1n) is 8.62. The van der Waals surface area contributed by atoms with Crippen LogP contribution in [0.5, 0.6) is 0 Å². The van der Waals surface area contributed by atoms with E-state index in [2.05, 4.69) is 14.9 Å². The number of fused-ring (bicyclic) bond motifs is 1. The molecule has 26 heavy (non-hydrogen) atoms. The molecule has 2 N–H and O–H groups in total. The summed E-state index contributed by atoms with van der Waals surface area (Å²) in [5.41, 5.74) is 6.86. The Bertz CT molecular complexity index is 1040. The van der Waals surface area contributed by atoms with Crippen molar-refractivity contribution < 1.29 is 8.42 Å². The van der Waals surface area contributed by atoms with Gasteiger partial charge >= 0.3 is 0 Å². The van der Waals surface area contributed by atoms with Gasteiger partial charge in [0.1, 0.15) is 12.1 Å². The van der Waals surface area contributed by atoms with E-state index in [4.69, 9.17) is 5.73 Å². The fourth-order valence-electron chi connectivity index (χ4n) is 3.25. The van der Waals surface area contributed by atoms with Crippen molar-refractivity contribution in [2.45, 2.75) is 36.7 Å². The molecule has 1 aromatic carbocycles. The summed E-state index contributed by atoms with van der Waals surface area (Å²) in [6.07, 6.45) is 6.46. The average Bonchev–Trinajstić information content (AvgIpc) is 3.05. The van der Waals surface area contributed by atoms with Gasteiger partial charge in [0.2, 0.25) is 0 Å². The highest BCUT2D eigenvalue weighted by Gasteiger charge is 2.26. The molecule has 7 nitrogen and oxygen atoms in total. The van der Waals surface area contributed by atoms with Crippen LogP contribution in [-0.2, 0) is 16.6 Å². The quantitative estimate of drug-likeness (QED) is 0.738. The fraction of sp³-hybridized carbons (Fsp3) is 0.333. The summed E-state index contributed by atoms with van der Waals surface area (Å²) in [5, 5.41) is 0.740. The van der Waals surface area contributed by atoms with E-state index in [-0.39, 0.29) is 4.90 Å². The molecule has 0 aliphatic heterocycles. The second kappa shape index (κ2) is 6.37. The molecule has 4 rings (SSSR count). The second-order valence-electron chi connectivity index (χ2n) is 6.59. The Morgan fingerprint density at radius 1 is 1.19 bits per heavy atom. The highest BCUT2D eigenvalue weighted by molar-refractivity contribution is 7.90. The minimum atomic E-state index is -3.73. The monoisotopic (exact) mass is 371 g/mol. The summed E-state index contributed by atoms with van der Waals surface area (Å²) >= 11 is 0. The van der Waals surface area contributed by atoms with Crippen molar-refractivity contribution in [3.8, 4) is 0 Å². The minimum Gasteiger partial charge on any atom is -0.356 e. The first kappa shape index (κ1) is 17.0. The topological polar surface area (TPSA) is 94.1 Å². The van der Waals surface area contributed by atoms with Crippen LogP contribution in [0.4, 0.5) is 5.82 Å². The molecule has 2 heterocycles. The summed E-state index contributed by atoms with van der Waals surface area (Å²) in [4.78, 5) is 11.0. The summed E-state index contributed by atoms with van der Waals surface area (Å²) in [7, 11) is -1.73. The molecule has 0 saturated heterocycles. The maximum atomic E-state index is 13.0. The van der Waals surface area contributed by atoms with Crippen molar-refractivity contribution in [2.24, 2.45) is 5.73 Å². The van der Waals surface area contributed by atoms with Crippen molar-refractivity contribution in [1.82, 2.24) is 13.9 Å². The summed E-state index contributed by atoms with van der Waals surface area (Å²) in [6, 6.07) is 8.83. The van der Waals surface area contributed by atoms with Gasteiger partial charge in [0.25, 0.3) is 10.0 Å². The van der Waals surface area contributed by atoms with E-state index >= 15 is 0 Å². The van der Waals surface area contributed by atoms with Gasteiger partial charge in [-0.15, -0.1) is 0 Å². The van der Waals surface area contributed by atoms with E-state index in [0.29, 0.717) is 18.2 Å². The minimum absolute atomic E-state index is 0.208. The zero-order valence-electron chi connectivity index (χ0n) is 14.5. The van der Waals surface area contributed by atoms with Crippen LogP contribution < -0.4 is 10.6 Å². The Kier molecular flexibility index (Phi) is 4.16. The third-order valence-electron chi connectivity index (χ3n) is 5.10. The van der Waals surface area contributed by atoms with Crippen LogP contribution in [0.2, 0.25) is 0 Å². The van der Waals surface area contributed by atoms with Gasteiger partial charge in [0.15, 0.2) is 5.65 Å². The zero-order valence-corrected chi connectivity index (χ0v) is 15.4. The number of aromatic nitrogens is 3. The van der Waals surface area contributed by atoms with E-state index in [0.717, 1.165) is 29.6 Å². The molecule has 0 amide bonds. The molecule has 1 fully saturated rings. The van der Waals surface area contributed by atoms with Gasteiger partial charge in [-0.25, -0.2) is 22.4 Å². The van der Waals surface area contributed by atoms with Gasteiger partial charge < -0.3 is 10.6 Å². The number of benzene rings is 1. The normalized spacial score (nSPS) is 15.2. The van der Waals surface area contributed by atoms with Crippen LogP contribution in [0.15, 0.2) is 47.8 Å². The zero-order chi connectivity index (χ0) is 18.3. The number of anilines is 1. The highest BCUT2D eigenvalue weighted by Crippen LogP contribution is 2.32. The molecular weight excluding hydrogens is 350 g/mol. The van der Waals surface area contributed by atoms with Gasteiger partial charge in [-0.3, -0.25) is 0 Å². The van der Waals surface area contributed by atoms with Gasteiger partial charge in [-0.05, 0) is 43.0 Å². The molecule has 0 radical (unpaired) electrons. The lowest BCUT2D eigenvalue weighted by atomic mass is 9.92. The Hall–Kier alpha value is -2.45. The third kappa shape index (κ3) is 2.65. The van der Waals surface area contributed by atoms with Gasteiger partial charge in [0, 0.05) is 25.8 Å². The lowest BCUT2D eigenvalue weighted by Gasteiger charge is -2.35. The first-order chi connectivity index (χ1) is 12.5. The molecule has 1 aliphatic carbocycles. The van der Waals surface area contributed by atoms with Crippen molar-refractivity contribution in [1.29, 1.82) is 0 Å². The molecule has 0 bridgehead atoms. The van der Waals surface area contributed by atoms with Crippen LogP contribution in [0.25, 0.3) is 11.0 Å². The Morgan fingerprint density at radius 3 is 2.54 bits per heavy atom. The Morgan fingerprint density at radius 2 is 1.92 bits per heavy atom. The predicted molar refractivity (Wildman–Crippen MR) is 100 cm³/mol. The molecule has 8 heteroatoms. The standard InChI is InChI=1S/C18H21N5O2S/c1-22(14-3-2-4-14)17-16-9-10-23(18(16)21-12-20-17)26(24,25)15-7-5-13(11-19)6-8-15/h5-10,12,14H,2-4,11,19H2,1H3. The molecule has 0 unspecified atom stereocenters. The summed E-state index contributed by atoms with van der Waals surface area (Å²) in [5.74, 6) is 0.770. The largest absolute Gasteiger partial charge is 0.356 e. The Labute approximate surface area is 152 Å². The predicted octanol–water partition coefficient (Wildman–Crippen LogP) is 2.12. The van der Waals surface area contributed by atoms with Gasteiger partial charge in [-0.1, -0.05) is 12.1 Å². The number of hydrogen-bond acceptors (Lipinski definition) is 6. The van der Waals surface area contributed by atoms with E-state index < -0.39 is 10.0 Å². The summed E-state index contributed by atoms with van der Waals surface area (Å²) in [6.45, 7) is 0.372. The molecule has 0 atom stereocenters. The SMILES string of the molecule is CN(c1ncnc2c1ccn2S(=O)(=O)c1ccc(CN)cc1)C1CCC1. The van der Waals surface area contributed by atoms with Gasteiger partial charge in [-0.2, -0.15) is 0 Å². The van der Waals surface area contributed by atoms with Crippen molar-refractivity contribution in [3.63, 3.8) is 0 Å². The lowest BCUT2D eigenvalue weighted by molar-refractivity contribution is 0.400. The second-order valence-corrected chi connectivity index (χ2v) is 8.41. The van der Waals surface area contributed by atoms with E-state index in [9.17, 15) is 8.42 Å². The molecule has 1 saturated carbocycles. The number of hydrogen-bond donors (Lipinski definition) is 1. The van der Waals surface area contributed by atoms with Crippen LogP contribution in [0, 0.1) is 0 Å². The van der Waals surface area contributed by atoms with Crippen molar-refractivity contribution >= 4 is 26.9 Å². The lowest BCUT2D eigenvalue weighted by Crippen LogP contribution is -2.37. The van der Waals surface area contributed by atoms with Crippen LogP contribution >= 0.6 is 0 Å². The number of nitrogens with zero attached hydrogens (tertiary/aromatic N) is 4. The van der Waals surface area contributed by atoms with Crippen LogP contribution in [0.1, 0.15) is 24.8 Å². The van der Waals surface area contributed by atoms with Crippen LogP contribution in [0.3, 0.4) is 0 Å². The molecule has 3 aromatic rings. The summed E-state index contributed by atoms with van der Waals surface area (Å²) < 4.78 is 27.3. The van der Waals surface area contributed by atoms with Crippen molar-refractivity contribution in [2.75, 3.05) is 11.9 Å². The van der Waals surface area contributed by atoms with Crippen LogP contribution in [-0.4, -0.2) is 35.4 Å². The highest BCUT2D eigenvalue weighted by atomic mass is 32.2. The van der Waals surface area contributed by atoms with Crippen molar-refractivity contribution in [3.05, 3.63) is 48.4 Å². The first-order valence-corrected chi connectivity index (χ1v) is 10.1. The average molecular weight is 371 g/mol. The fourth-order valence-corrected chi connectivity index (χ4v) is 4.55. The number of nitrogens with two attached hydrogens (primary N) is 1. The van der Waals surface area contributed by atoms with E-state index in [1.54, 1.807) is 36.5 Å². The van der Waals surface area contributed by atoms with E-state index in [1.807, 2.05) is 7.05 Å². The molecule has 1 aliphatic rings.